The summed E-state index contributed by atoms with van der Waals surface area (Å²) in [6.45, 7) is 2.04. The zero-order chi connectivity index (χ0) is 8.69. The van der Waals surface area contributed by atoms with E-state index in [1.165, 1.54) is 6.92 Å². The summed E-state index contributed by atoms with van der Waals surface area (Å²) in [4.78, 5) is 10.4. The molecule has 0 N–H and O–H groups in total. The molecule has 0 aliphatic carbocycles. The van der Waals surface area contributed by atoms with Gasteiger partial charge >= 0.3 is 5.97 Å². The van der Waals surface area contributed by atoms with Crippen molar-refractivity contribution in [3.63, 3.8) is 0 Å². The second-order valence-corrected chi connectivity index (χ2v) is 4.26. The lowest BCUT2D eigenvalue weighted by molar-refractivity contribution is -0.142. The minimum Gasteiger partial charge on any atom is -0.466 e. The van der Waals surface area contributed by atoms with E-state index in [1.807, 2.05) is 0 Å². The Morgan fingerprint density at radius 2 is 2.18 bits per heavy atom. The van der Waals surface area contributed by atoms with Gasteiger partial charge in [-0.25, -0.2) is 0 Å². The number of hydrogen-bond donors (Lipinski definition) is 0. The maximum absolute atomic E-state index is 10.4. The Labute approximate surface area is 94.7 Å². The zero-order valence-corrected chi connectivity index (χ0v) is 10.8. The third-order valence-electron chi connectivity index (χ3n) is 1.26. The van der Waals surface area contributed by atoms with Crippen molar-refractivity contribution < 1.29 is 9.53 Å². The average molecular weight is 382 g/mol. The van der Waals surface area contributed by atoms with Gasteiger partial charge in [0, 0.05) is 17.3 Å². The molecule has 2 nitrogen and oxygen atoms in total. The molecule has 0 aromatic carbocycles. The van der Waals surface area contributed by atoms with Crippen molar-refractivity contribution >= 4 is 51.2 Å². The number of esters is 1. The predicted molar refractivity (Wildman–Crippen MR) is 62.5 cm³/mol. The molecule has 0 fully saturated rings. The van der Waals surface area contributed by atoms with Crippen molar-refractivity contribution in [3.05, 3.63) is 0 Å². The van der Waals surface area contributed by atoms with Crippen molar-refractivity contribution in [1.29, 1.82) is 0 Å². The van der Waals surface area contributed by atoms with E-state index in [2.05, 4.69) is 45.2 Å². The van der Waals surface area contributed by atoms with Crippen molar-refractivity contribution in [2.45, 2.75) is 13.3 Å². The first kappa shape index (κ1) is 11.9. The number of ether oxygens (including phenoxy) is 1. The van der Waals surface area contributed by atoms with Gasteiger partial charge in [0.1, 0.15) is 0 Å². The molecule has 0 saturated carbocycles. The third kappa shape index (κ3) is 7.30. The first-order valence-corrected chi connectivity index (χ1v) is 6.51. The fourth-order valence-corrected chi connectivity index (χ4v) is 2.17. The van der Waals surface area contributed by atoms with Gasteiger partial charge in [-0.05, 0) is 10.8 Å². The molecule has 0 saturated heterocycles. The van der Waals surface area contributed by atoms with Crippen molar-refractivity contribution in [2.24, 2.45) is 5.92 Å². The highest BCUT2D eigenvalue weighted by atomic mass is 127. The van der Waals surface area contributed by atoms with Crippen LogP contribution in [0.2, 0.25) is 0 Å². The monoisotopic (exact) mass is 382 g/mol. The lowest BCUT2D eigenvalue weighted by Crippen LogP contribution is -2.13. The minimum atomic E-state index is -0.173. The van der Waals surface area contributed by atoms with Crippen LogP contribution in [0.1, 0.15) is 13.3 Å². The van der Waals surface area contributed by atoms with E-state index in [0.717, 1.165) is 15.3 Å². The Balaban J connectivity index is 3.43. The van der Waals surface area contributed by atoms with Gasteiger partial charge in [-0.1, -0.05) is 45.2 Å². The predicted octanol–water partition coefficient (Wildman–Crippen LogP) is 2.43. The maximum Gasteiger partial charge on any atom is 0.302 e. The van der Waals surface area contributed by atoms with Gasteiger partial charge in [-0.15, -0.1) is 0 Å². The van der Waals surface area contributed by atoms with E-state index in [0.29, 0.717) is 12.5 Å². The van der Waals surface area contributed by atoms with Crippen LogP contribution in [0.5, 0.6) is 0 Å². The fraction of sp³-hybridized carbons (Fsp3) is 0.857. The lowest BCUT2D eigenvalue weighted by atomic mass is 10.1. The van der Waals surface area contributed by atoms with Crippen LogP contribution in [-0.4, -0.2) is 21.4 Å². The highest BCUT2D eigenvalue weighted by molar-refractivity contribution is 14.1. The van der Waals surface area contributed by atoms with Crippen LogP contribution in [0.25, 0.3) is 0 Å². The number of rotatable bonds is 5. The maximum atomic E-state index is 10.4. The first-order valence-electron chi connectivity index (χ1n) is 3.46. The lowest BCUT2D eigenvalue weighted by Gasteiger charge is -2.11. The van der Waals surface area contributed by atoms with Crippen LogP contribution in [0.15, 0.2) is 0 Å². The van der Waals surface area contributed by atoms with E-state index >= 15 is 0 Å². The standard InChI is InChI=1S/C7H12I2O2/c1-6(10)11-5-7(4-9)2-3-8/h7H,2-5H2,1H3. The summed E-state index contributed by atoms with van der Waals surface area (Å²) >= 11 is 4.66. The van der Waals surface area contributed by atoms with Gasteiger partial charge in [0.05, 0.1) is 6.61 Å². The second kappa shape index (κ2) is 7.57. The molecular formula is C7H12I2O2. The molecule has 0 heterocycles. The molecule has 0 spiro atoms. The highest BCUT2D eigenvalue weighted by Gasteiger charge is 2.07. The Kier molecular flexibility index (Phi) is 8.21. The number of alkyl halides is 2. The van der Waals surface area contributed by atoms with E-state index in [4.69, 9.17) is 4.74 Å². The molecule has 0 aliphatic heterocycles. The summed E-state index contributed by atoms with van der Waals surface area (Å²) in [5.74, 6) is 0.365. The molecule has 0 rings (SSSR count). The second-order valence-electron chi connectivity index (χ2n) is 2.30. The van der Waals surface area contributed by atoms with Crippen LogP contribution >= 0.6 is 45.2 Å². The number of carbonyl (C=O) groups is 1. The van der Waals surface area contributed by atoms with Crippen molar-refractivity contribution in [2.75, 3.05) is 15.5 Å². The topological polar surface area (TPSA) is 26.3 Å². The van der Waals surface area contributed by atoms with Crippen LogP contribution in [0, 0.1) is 5.92 Å². The SMILES string of the molecule is CC(=O)OCC(CI)CCI. The van der Waals surface area contributed by atoms with Crippen LogP contribution in [0.4, 0.5) is 0 Å². The molecule has 1 unspecified atom stereocenters. The first-order chi connectivity index (χ1) is 5.20. The Morgan fingerprint density at radius 1 is 1.55 bits per heavy atom. The molecule has 0 aromatic heterocycles. The molecule has 1 atom stereocenters. The summed E-state index contributed by atoms with van der Waals surface area (Å²) in [5, 5.41) is 0. The van der Waals surface area contributed by atoms with Gasteiger partial charge in [0.2, 0.25) is 0 Å². The van der Waals surface area contributed by atoms with Crippen molar-refractivity contribution in [3.8, 4) is 0 Å². The highest BCUT2D eigenvalue weighted by Crippen LogP contribution is 2.09. The number of carbonyl (C=O) groups excluding carboxylic acids is 1. The van der Waals surface area contributed by atoms with Crippen LogP contribution < -0.4 is 0 Å². The van der Waals surface area contributed by atoms with Crippen molar-refractivity contribution in [1.82, 2.24) is 0 Å². The molecular weight excluding hydrogens is 370 g/mol. The molecule has 66 valence electrons. The number of halogens is 2. The Morgan fingerprint density at radius 3 is 2.55 bits per heavy atom. The van der Waals surface area contributed by atoms with E-state index in [-0.39, 0.29) is 5.97 Å². The zero-order valence-electron chi connectivity index (χ0n) is 6.48. The van der Waals surface area contributed by atoms with Crippen LogP contribution in [-0.2, 0) is 9.53 Å². The minimum absolute atomic E-state index is 0.173. The summed E-state index contributed by atoms with van der Waals surface area (Å²) < 4.78 is 7.10. The average Bonchev–Trinajstić information content (AvgIpc) is 1.97. The Bertz CT molecular complexity index is 117. The smallest absolute Gasteiger partial charge is 0.302 e. The summed E-state index contributed by atoms with van der Waals surface area (Å²) in [6, 6.07) is 0. The quantitative estimate of drug-likeness (QED) is 0.415. The molecule has 0 amide bonds. The number of hydrogen-bond acceptors (Lipinski definition) is 2. The third-order valence-corrected chi connectivity index (χ3v) is 3.13. The van der Waals surface area contributed by atoms with E-state index in [1.54, 1.807) is 0 Å². The molecule has 0 radical (unpaired) electrons. The fourth-order valence-electron chi connectivity index (χ4n) is 0.595. The van der Waals surface area contributed by atoms with Gasteiger partial charge < -0.3 is 4.74 Å². The Hall–Kier alpha value is 0.930. The normalized spacial score (nSPS) is 12.6. The summed E-state index contributed by atoms with van der Waals surface area (Å²) in [5.41, 5.74) is 0. The molecule has 4 heteroatoms. The summed E-state index contributed by atoms with van der Waals surface area (Å²) in [6.07, 6.45) is 1.14. The van der Waals surface area contributed by atoms with E-state index < -0.39 is 0 Å². The molecule has 0 bridgehead atoms. The van der Waals surface area contributed by atoms with Gasteiger partial charge in [-0.3, -0.25) is 4.79 Å². The van der Waals surface area contributed by atoms with Gasteiger partial charge in [-0.2, -0.15) is 0 Å². The van der Waals surface area contributed by atoms with E-state index in [9.17, 15) is 4.79 Å². The van der Waals surface area contributed by atoms with Gasteiger partial charge in [0.25, 0.3) is 0 Å². The molecule has 0 aromatic rings. The molecule has 0 aliphatic rings. The molecule has 11 heavy (non-hydrogen) atoms. The largest absolute Gasteiger partial charge is 0.466 e. The van der Waals surface area contributed by atoms with Crippen LogP contribution in [0.3, 0.4) is 0 Å². The van der Waals surface area contributed by atoms with Gasteiger partial charge in [0.15, 0.2) is 0 Å². The summed E-state index contributed by atoms with van der Waals surface area (Å²) in [7, 11) is 0.